The molecule has 5 aromatic rings. The third-order valence-corrected chi connectivity index (χ3v) is 7.82. The number of carbonyl (C=O) groups excluding carboxylic acids is 1. The number of ether oxygens (including phenoxy) is 1. The fraction of sp³-hybridized carbons (Fsp3) is 0.235. The van der Waals surface area contributed by atoms with E-state index >= 15 is 0 Å². The van der Waals surface area contributed by atoms with Crippen LogP contribution in [0.4, 0.5) is 5.95 Å². The summed E-state index contributed by atoms with van der Waals surface area (Å²) in [5, 5.41) is 10.1. The number of rotatable bonds is 9. The van der Waals surface area contributed by atoms with Gasteiger partial charge in [-0.2, -0.15) is 0 Å². The highest BCUT2D eigenvalue weighted by Gasteiger charge is 2.23. The van der Waals surface area contributed by atoms with E-state index in [4.69, 9.17) is 14.3 Å². The van der Waals surface area contributed by atoms with E-state index in [1.165, 1.54) is 0 Å². The number of carboxylic acid groups (broad SMARTS) is 1. The molecule has 1 N–H and O–H groups in total. The van der Waals surface area contributed by atoms with Gasteiger partial charge in [0.05, 0.1) is 12.2 Å². The van der Waals surface area contributed by atoms with Gasteiger partial charge in [-0.3, -0.25) is 4.79 Å². The molecule has 42 heavy (non-hydrogen) atoms. The van der Waals surface area contributed by atoms with E-state index < -0.39 is 5.97 Å². The molecule has 8 heteroatoms. The average molecular weight is 562 g/mol. The van der Waals surface area contributed by atoms with Gasteiger partial charge in [-0.1, -0.05) is 42.5 Å². The molecule has 0 spiro atoms. The first kappa shape index (κ1) is 27.2. The highest BCUT2D eigenvalue weighted by molar-refractivity contribution is 6.02. The van der Waals surface area contributed by atoms with Crippen LogP contribution in [0.25, 0.3) is 22.1 Å². The molecule has 3 heterocycles. The molecule has 2 aromatic heterocycles. The highest BCUT2D eigenvalue weighted by atomic mass is 16.5. The molecule has 0 saturated carbocycles. The Morgan fingerprint density at radius 1 is 0.952 bits per heavy atom. The van der Waals surface area contributed by atoms with Crippen molar-refractivity contribution in [2.45, 2.75) is 26.2 Å². The van der Waals surface area contributed by atoms with E-state index in [9.17, 15) is 9.59 Å². The molecule has 0 radical (unpaired) electrons. The first-order chi connectivity index (χ1) is 20.4. The normalized spacial score (nSPS) is 13.8. The summed E-state index contributed by atoms with van der Waals surface area (Å²) in [5.41, 5.74) is 4.69. The Balaban J connectivity index is 1.04. The number of benzene rings is 3. The summed E-state index contributed by atoms with van der Waals surface area (Å²) in [6.07, 6.45) is 5.43. The number of hydrogen-bond acceptors (Lipinski definition) is 7. The summed E-state index contributed by atoms with van der Waals surface area (Å²) in [7, 11) is 0. The molecule has 1 fully saturated rings. The summed E-state index contributed by atoms with van der Waals surface area (Å²) in [6, 6.07) is 22.7. The van der Waals surface area contributed by atoms with Gasteiger partial charge in [0.25, 0.3) is 0 Å². The number of hydrogen-bond donors (Lipinski definition) is 1. The van der Waals surface area contributed by atoms with Gasteiger partial charge in [0.15, 0.2) is 5.76 Å². The monoisotopic (exact) mass is 561 g/mol. The minimum atomic E-state index is -0.966. The van der Waals surface area contributed by atoms with Gasteiger partial charge in [-0.25, -0.2) is 14.8 Å². The van der Waals surface area contributed by atoms with Gasteiger partial charge >= 0.3 is 5.97 Å². The second-order valence-electron chi connectivity index (χ2n) is 10.7. The second kappa shape index (κ2) is 11.9. The number of carbonyl (C=O) groups is 2. The molecule has 1 aliphatic heterocycles. The fourth-order valence-corrected chi connectivity index (χ4v) is 5.40. The molecule has 8 nitrogen and oxygen atoms in total. The molecular formula is C34H31N3O5. The van der Waals surface area contributed by atoms with Crippen LogP contribution in [0.1, 0.15) is 44.9 Å². The fourth-order valence-electron chi connectivity index (χ4n) is 5.40. The Morgan fingerprint density at radius 2 is 1.71 bits per heavy atom. The summed E-state index contributed by atoms with van der Waals surface area (Å²) in [4.78, 5) is 35.6. The van der Waals surface area contributed by atoms with Crippen LogP contribution in [0.5, 0.6) is 5.75 Å². The van der Waals surface area contributed by atoms with E-state index in [2.05, 4.69) is 33.1 Å². The van der Waals surface area contributed by atoms with Crippen molar-refractivity contribution < 1.29 is 23.8 Å². The minimum absolute atomic E-state index is 0.101. The van der Waals surface area contributed by atoms with Crippen LogP contribution in [-0.4, -0.2) is 46.5 Å². The maximum absolute atomic E-state index is 13.2. The number of carboxylic acids is 1. The van der Waals surface area contributed by atoms with Gasteiger partial charge in [0, 0.05) is 42.9 Å². The Morgan fingerprint density at radius 3 is 2.45 bits per heavy atom. The Bertz CT molecular complexity index is 1720. The van der Waals surface area contributed by atoms with Crippen molar-refractivity contribution in [1.29, 1.82) is 0 Å². The SMILES string of the molecule is Cc1c(C(=O)Cc2cnc(N3CCC(COc4cccc(C(=O)O)c4)CC3)nc2)oc2ccc(-c3ccccc3)cc12. The van der Waals surface area contributed by atoms with E-state index in [0.29, 0.717) is 35.6 Å². The lowest BCUT2D eigenvalue weighted by Gasteiger charge is -2.31. The largest absolute Gasteiger partial charge is 0.493 e. The highest BCUT2D eigenvalue weighted by Crippen LogP contribution is 2.31. The lowest BCUT2D eigenvalue weighted by atomic mass is 9.98. The predicted molar refractivity (Wildman–Crippen MR) is 160 cm³/mol. The Labute approximate surface area is 243 Å². The topological polar surface area (TPSA) is 106 Å². The number of aromatic carboxylic acids is 1. The van der Waals surface area contributed by atoms with Crippen LogP contribution in [-0.2, 0) is 6.42 Å². The van der Waals surface area contributed by atoms with Crippen molar-refractivity contribution in [2.24, 2.45) is 5.92 Å². The average Bonchev–Trinajstić information content (AvgIpc) is 3.37. The van der Waals surface area contributed by atoms with E-state index in [1.54, 1.807) is 36.7 Å². The molecule has 0 amide bonds. The van der Waals surface area contributed by atoms with Crippen LogP contribution in [0, 0.1) is 12.8 Å². The molecule has 0 unspecified atom stereocenters. The van der Waals surface area contributed by atoms with Gasteiger partial charge < -0.3 is 19.2 Å². The van der Waals surface area contributed by atoms with Gasteiger partial charge in [-0.05, 0) is 72.7 Å². The van der Waals surface area contributed by atoms with Crippen molar-refractivity contribution in [1.82, 2.24) is 9.97 Å². The summed E-state index contributed by atoms with van der Waals surface area (Å²) in [5.74, 6) is 0.886. The van der Waals surface area contributed by atoms with E-state index in [0.717, 1.165) is 53.6 Å². The van der Waals surface area contributed by atoms with Crippen LogP contribution >= 0.6 is 0 Å². The second-order valence-corrected chi connectivity index (χ2v) is 10.7. The summed E-state index contributed by atoms with van der Waals surface area (Å²) in [6.45, 7) is 4.05. The predicted octanol–water partition coefficient (Wildman–Crippen LogP) is 6.62. The number of anilines is 1. The quantitative estimate of drug-likeness (QED) is 0.200. The zero-order chi connectivity index (χ0) is 29.1. The zero-order valence-corrected chi connectivity index (χ0v) is 23.3. The maximum atomic E-state index is 13.2. The van der Waals surface area contributed by atoms with Crippen LogP contribution in [0.2, 0.25) is 0 Å². The molecule has 0 atom stereocenters. The van der Waals surface area contributed by atoms with Crippen molar-refractivity contribution >= 4 is 28.7 Å². The Kier molecular flexibility index (Phi) is 7.68. The van der Waals surface area contributed by atoms with Gasteiger partial charge in [0.2, 0.25) is 11.7 Å². The molecule has 0 aliphatic carbocycles. The van der Waals surface area contributed by atoms with Crippen LogP contribution in [0.15, 0.2) is 89.6 Å². The van der Waals surface area contributed by atoms with Crippen LogP contribution in [0.3, 0.4) is 0 Å². The number of piperidine rings is 1. The lowest BCUT2D eigenvalue weighted by molar-refractivity contribution is 0.0696. The molecule has 212 valence electrons. The van der Waals surface area contributed by atoms with Crippen molar-refractivity contribution in [3.05, 3.63) is 108 Å². The summed E-state index contributed by atoms with van der Waals surface area (Å²) < 4.78 is 11.8. The number of fused-ring (bicyclic) bond motifs is 1. The van der Waals surface area contributed by atoms with Crippen LogP contribution < -0.4 is 9.64 Å². The van der Waals surface area contributed by atoms with Gasteiger partial charge in [0.1, 0.15) is 11.3 Å². The molecular weight excluding hydrogens is 530 g/mol. The molecule has 1 saturated heterocycles. The van der Waals surface area contributed by atoms with Gasteiger partial charge in [-0.15, -0.1) is 0 Å². The van der Waals surface area contributed by atoms with Crippen molar-refractivity contribution in [3.63, 3.8) is 0 Å². The number of aryl methyl sites for hydroxylation is 1. The molecule has 0 bridgehead atoms. The van der Waals surface area contributed by atoms with Crippen molar-refractivity contribution in [3.8, 4) is 16.9 Å². The smallest absolute Gasteiger partial charge is 0.335 e. The maximum Gasteiger partial charge on any atom is 0.335 e. The summed E-state index contributed by atoms with van der Waals surface area (Å²) >= 11 is 0. The van der Waals surface area contributed by atoms with E-state index in [1.807, 2.05) is 37.3 Å². The Hall–Kier alpha value is -4.98. The lowest BCUT2D eigenvalue weighted by Crippen LogP contribution is -2.36. The minimum Gasteiger partial charge on any atom is -0.493 e. The number of furan rings is 1. The number of ketones is 1. The zero-order valence-electron chi connectivity index (χ0n) is 23.3. The first-order valence-electron chi connectivity index (χ1n) is 14.1. The third kappa shape index (κ3) is 5.88. The standard InChI is InChI=1S/C34H31N3O5/c1-22-29-18-26(25-6-3-2-4-7-25)10-11-31(29)42-32(22)30(38)16-24-19-35-34(36-20-24)37-14-12-23(13-15-37)21-41-28-9-5-8-27(17-28)33(39)40/h2-11,17-20,23H,12-16,21H2,1H3,(H,39,40). The third-order valence-electron chi connectivity index (χ3n) is 7.82. The van der Waals surface area contributed by atoms with E-state index in [-0.39, 0.29) is 17.8 Å². The number of Topliss-reactive ketones (excluding diaryl/α,β-unsaturated/α-hetero) is 1. The molecule has 1 aliphatic rings. The molecule has 6 rings (SSSR count). The first-order valence-corrected chi connectivity index (χ1v) is 14.1. The molecule has 3 aromatic carbocycles. The van der Waals surface area contributed by atoms with Crippen molar-refractivity contribution in [2.75, 3.05) is 24.6 Å². The number of aromatic nitrogens is 2. The number of nitrogens with zero attached hydrogens (tertiary/aromatic N) is 3.